The van der Waals surface area contributed by atoms with Gasteiger partial charge in [-0.3, -0.25) is 19.4 Å². The van der Waals surface area contributed by atoms with Gasteiger partial charge in [-0.15, -0.1) is 0 Å². The minimum atomic E-state index is -0.985. The van der Waals surface area contributed by atoms with Gasteiger partial charge in [0.15, 0.2) is 6.29 Å². The van der Waals surface area contributed by atoms with E-state index in [4.69, 9.17) is 14.2 Å². The second-order valence-corrected chi connectivity index (χ2v) is 18.0. The Morgan fingerprint density at radius 2 is 1.57 bits per heavy atom. The largest absolute Gasteiger partial charge is 0.445 e. The molecule has 4 aromatic rings. The fraction of sp³-hybridized carbons (Fsp3) is 0.438. The fourth-order valence-corrected chi connectivity index (χ4v) is 10.1. The molecule has 8 rings (SSSR count). The monoisotopic (exact) mass is 785 g/mol. The quantitative estimate of drug-likeness (QED) is 0.147. The molecule has 2 N–H and O–H groups in total. The van der Waals surface area contributed by atoms with Gasteiger partial charge in [0.25, 0.3) is 5.91 Å². The summed E-state index contributed by atoms with van der Waals surface area (Å²) in [4.78, 5) is 42.9. The summed E-state index contributed by atoms with van der Waals surface area (Å²) in [5.74, 6) is -0.720. The first kappa shape index (κ1) is 39.9. The van der Waals surface area contributed by atoms with Crippen molar-refractivity contribution in [1.82, 2.24) is 15.1 Å². The first-order chi connectivity index (χ1) is 27.9. The number of alkyl carbamates (subject to hydrolysis) is 1. The lowest BCUT2D eigenvalue weighted by Crippen LogP contribution is -2.46. The first-order valence-electron chi connectivity index (χ1n) is 20.6. The van der Waals surface area contributed by atoms with Crippen molar-refractivity contribution < 1.29 is 33.7 Å². The molecule has 10 nitrogen and oxygen atoms in total. The minimum absolute atomic E-state index is 0.00888. The van der Waals surface area contributed by atoms with Crippen LogP contribution in [-0.2, 0) is 43.6 Å². The van der Waals surface area contributed by atoms with E-state index in [9.17, 15) is 19.5 Å². The Morgan fingerprint density at radius 3 is 2.31 bits per heavy atom. The zero-order valence-electron chi connectivity index (χ0n) is 33.9. The van der Waals surface area contributed by atoms with Crippen molar-refractivity contribution in [1.29, 1.82) is 0 Å². The maximum atomic E-state index is 13.4. The van der Waals surface area contributed by atoms with Crippen molar-refractivity contribution in [2.24, 2.45) is 16.7 Å². The van der Waals surface area contributed by atoms with Crippen LogP contribution in [0.15, 0.2) is 103 Å². The second-order valence-electron chi connectivity index (χ2n) is 18.0. The van der Waals surface area contributed by atoms with E-state index < -0.39 is 24.3 Å². The third-order valence-electron chi connectivity index (χ3n) is 12.6. The molecule has 4 aromatic carbocycles. The Kier molecular flexibility index (Phi) is 11.3. The Hall–Kier alpha value is -4.87. The highest BCUT2D eigenvalue weighted by Crippen LogP contribution is 2.53. The summed E-state index contributed by atoms with van der Waals surface area (Å²) in [6.07, 6.45) is 1.94. The van der Waals surface area contributed by atoms with Gasteiger partial charge in [0.05, 0.1) is 31.8 Å². The summed E-state index contributed by atoms with van der Waals surface area (Å²) in [5.41, 5.74) is 6.92. The maximum absolute atomic E-state index is 13.4. The average molecular weight is 786 g/mol. The van der Waals surface area contributed by atoms with Crippen LogP contribution in [0.2, 0.25) is 0 Å². The van der Waals surface area contributed by atoms with Gasteiger partial charge >= 0.3 is 6.09 Å². The van der Waals surface area contributed by atoms with E-state index in [0.717, 1.165) is 52.0 Å². The van der Waals surface area contributed by atoms with Crippen molar-refractivity contribution >= 4 is 17.9 Å². The van der Waals surface area contributed by atoms with E-state index in [1.54, 1.807) is 0 Å². The number of likely N-dealkylation sites (tertiary alicyclic amines) is 2. The molecule has 7 atom stereocenters. The van der Waals surface area contributed by atoms with Crippen LogP contribution in [0.3, 0.4) is 0 Å². The number of aliphatic hydroxyl groups excluding tert-OH is 1. The number of rotatable bonds is 11. The van der Waals surface area contributed by atoms with Gasteiger partial charge in [-0.25, -0.2) is 4.79 Å². The molecular formula is C48H55N3O7. The number of hydrogen-bond donors (Lipinski definition) is 2. The van der Waals surface area contributed by atoms with Gasteiger partial charge in [0.1, 0.15) is 12.6 Å². The van der Waals surface area contributed by atoms with Gasteiger partial charge < -0.3 is 24.6 Å². The van der Waals surface area contributed by atoms with E-state index in [2.05, 4.69) is 50.0 Å². The summed E-state index contributed by atoms with van der Waals surface area (Å²) >= 11 is 0. The number of hydrogen-bond acceptors (Lipinski definition) is 8. The van der Waals surface area contributed by atoms with Crippen LogP contribution in [0.4, 0.5) is 4.79 Å². The number of fused-ring (bicyclic) bond motifs is 2. The summed E-state index contributed by atoms with van der Waals surface area (Å²) in [6, 6.07) is 32.7. The first-order valence-corrected chi connectivity index (χ1v) is 20.6. The van der Waals surface area contributed by atoms with Gasteiger partial charge in [-0.2, -0.15) is 0 Å². The third-order valence-corrected chi connectivity index (χ3v) is 12.6. The predicted molar refractivity (Wildman–Crippen MR) is 220 cm³/mol. The molecule has 1 saturated carbocycles. The molecular weight excluding hydrogens is 731 g/mol. The highest BCUT2D eigenvalue weighted by molar-refractivity contribution is 6.06. The number of carbonyl (C=O) groups is 3. The smallest absolute Gasteiger partial charge is 0.408 e. The van der Waals surface area contributed by atoms with Crippen LogP contribution >= 0.6 is 0 Å². The third kappa shape index (κ3) is 8.61. The molecule has 3 amide bonds. The lowest BCUT2D eigenvalue weighted by Gasteiger charge is -2.43. The molecule has 3 saturated heterocycles. The van der Waals surface area contributed by atoms with Crippen molar-refractivity contribution in [3.05, 3.63) is 131 Å². The molecule has 0 aromatic heterocycles. The topological polar surface area (TPSA) is 118 Å². The fourth-order valence-electron chi connectivity index (χ4n) is 10.1. The van der Waals surface area contributed by atoms with Crippen LogP contribution in [0, 0.1) is 16.7 Å². The minimum Gasteiger partial charge on any atom is -0.445 e. The molecule has 3 unspecified atom stereocenters. The Morgan fingerprint density at radius 1 is 0.862 bits per heavy atom. The number of ether oxygens (including phenoxy) is 3. The Balaban J connectivity index is 0.974. The van der Waals surface area contributed by atoms with Crippen molar-refractivity contribution in [3.8, 4) is 11.1 Å². The van der Waals surface area contributed by atoms with E-state index in [0.29, 0.717) is 16.9 Å². The Labute approximate surface area is 341 Å². The molecule has 10 heteroatoms. The average Bonchev–Trinajstić information content (AvgIpc) is 3.62. The molecule has 304 valence electrons. The summed E-state index contributed by atoms with van der Waals surface area (Å²) < 4.78 is 19.0. The number of aliphatic hydroxyl groups is 1. The van der Waals surface area contributed by atoms with Gasteiger partial charge in [0.2, 0.25) is 5.91 Å². The number of nitrogens with zero attached hydrogens (tertiary/aromatic N) is 2. The maximum Gasteiger partial charge on any atom is 0.408 e. The number of imide groups is 1. The SMILES string of the molecule is C[C@H]1[C@@H](CN2CC3(C)CC2CC(C)(C)C3)O[C@@H](c2ccc(-c3ccccc3CN3C(=O)CC(NC(=O)OCc4ccccc4)C3=O)cc2)O[C@H]1c1ccc(CO)cc1. The number of carbonyl (C=O) groups excluding carboxylic acids is 3. The lowest BCUT2D eigenvalue weighted by molar-refractivity contribution is -0.276. The second kappa shape index (κ2) is 16.4. The van der Waals surface area contributed by atoms with Gasteiger partial charge in [-0.1, -0.05) is 131 Å². The molecule has 0 spiro atoms. The van der Waals surface area contributed by atoms with Crippen molar-refractivity contribution in [2.75, 3.05) is 13.1 Å². The molecule has 0 radical (unpaired) electrons. The van der Waals surface area contributed by atoms with Crippen molar-refractivity contribution in [3.63, 3.8) is 0 Å². The summed E-state index contributed by atoms with van der Waals surface area (Å²) in [5, 5.41) is 12.3. The van der Waals surface area contributed by atoms with E-state index in [1.165, 1.54) is 24.2 Å². The van der Waals surface area contributed by atoms with Crippen LogP contribution in [0.25, 0.3) is 11.1 Å². The van der Waals surface area contributed by atoms with E-state index >= 15 is 0 Å². The number of amides is 3. The van der Waals surface area contributed by atoms with Crippen molar-refractivity contribution in [2.45, 2.75) is 104 Å². The molecule has 4 fully saturated rings. The normalized spacial score (nSPS) is 28.1. The highest BCUT2D eigenvalue weighted by atomic mass is 16.7. The molecule has 2 bridgehead atoms. The van der Waals surface area contributed by atoms with Crippen LogP contribution in [0.5, 0.6) is 0 Å². The lowest BCUT2D eigenvalue weighted by atomic mass is 9.65. The number of benzene rings is 4. The molecule has 1 aliphatic carbocycles. The predicted octanol–water partition coefficient (Wildman–Crippen LogP) is 8.09. The van der Waals surface area contributed by atoms with Crippen LogP contribution < -0.4 is 5.32 Å². The molecule has 3 heterocycles. The molecule has 4 aliphatic rings. The summed E-state index contributed by atoms with van der Waals surface area (Å²) in [6.45, 7) is 11.5. The van der Waals surface area contributed by atoms with Crippen LogP contribution in [0.1, 0.15) is 93.6 Å². The Bertz CT molecular complexity index is 2110. The van der Waals surface area contributed by atoms with E-state index in [-0.39, 0.29) is 50.2 Å². The zero-order chi connectivity index (χ0) is 40.6. The standard InChI is InChI=1S/C48H55N3O7/c1-31-41(26-50-30-48(4)24-38(50)23-47(2,3)29-48)57-45(58-43(31)35-16-14-32(27-52)15-17-35)36-20-18-34(19-21-36)39-13-9-8-12-37(39)25-51-42(53)22-40(44(51)54)49-46(55)56-28-33-10-6-5-7-11-33/h5-21,31,38,40-41,43,45,52H,22-30H2,1-4H3,(H,49,55)/t31-,38?,40?,41+,43+,45+,48?/m0/s1. The highest BCUT2D eigenvalue weighted by Gasteiger charge is 2.51. The van der Waals surface area contributed by atoms with Gasteiger partial charge in [0, 0.05) is 30.6 Å². The van der Waals surface area contributed by atoms with Crippen LogP contribution in [-0.4, -0.2) is 64.1 Å². The molecule has 58 heavy (non-hydrogen) atoms. The molecule has 3 aliphatic heterocycles. The van der Waals surface area contributed by atoms with E-state index in [1.807, 2.05) is 91.0 Å². The number of nitrogens with one attached hydrogen (secondary N) is 1. The summed E-state index contributed by atoms with van der Waals surface area (Å²) in [7, 11) is 0. The van der Waals surface area contributed by atoms with Gasteiger partial charge in [-0.05, 0) is 63.5 Å². The zero-order valence-corrected chi connectivity index (χ0v) is 33.9.